The van der Waals surface area contributed by atoms with E-state index in [1.165, 1.54) is 11.2 Å². The lowest BCUT2D eigenvalue weighted by molar-refractivity contribution is -0.132. The Bertz CT molecular complexity index is 1260. The van der Waals surface area contributed by atoms with Gasteiger partial charge in [-0.05, 0) is 55.0 Å². The number of hydrogen-bond donors (Lipinski definition) is 1. The number of ether oxygens (including phenoxy) is 2. The minimum Gasteiger partial charge on any atom is -0.507 e. The normalized spacial score (nSPS) is 19.4. The summed E-state index contributed by atoms with van der Waals surface area (Å²) in [6.07, 6.45) is 1.45. The molecule has 2 aromatic carbocycles. The van der Waals surface area contributed by atoms with Crippen LogP contribution in [0.2, 0.25) is 5.02 Å². The third-order valence-electron chi connectivity index (χ3n) is 5.57. The zero-order valence-electron chi connectivity index (χ0n) is 17.0. The van der Waals surface area contributed by atoms with Crippen molar-refractivity contribution in [2.45, 2.75) is 13.0 Å². The molecule has 1 N–H and O–H groups in total. The molecule has 1 fully saturated rings. The van der Waals surface area contributed by atoms with Gasteiger partial charge in [-0.1, -0.05) is 17.7 Å². The summed E-state index contributed by atoms with van der Waals surface area (Å²) >= 11 is 6.28. The molecular weight excluding hydrogens is 434 g/mol. The Labute approximate surface area is 188 Å². The number of carbonyl (C=O) groups excluding carboxylic acids is 2. The van der Waals surface area contributed by atoms with E-state index in [1.807, 2.05) is 0 Å². The number of ketones is 1. The number of anilines is 1. The Kier molecular flexibility index (Phi) is 4.90. The number of aliphatic hydroxyl groups excluding tert-OH is 1. The highest BCUT2D eigenvalue weighted by molar-refractivity contribution is 6.52. The van der Waals surface area contributed by atoms with Gasteiger partial charge in [-0.3, -0.25) is 14.5 Å². The molecule has 3 heterocycles. The first-order chi connectivity index (χ1) is 15.5. The van der Waals surface area contributed by atoms with Crippen LogP contribution in [0.5, 0.6) is 11.5 Å². The molecule has 1 unspecified atom stereocenters. The lowest BCUT2D eigenvalue weighted by atomic mass is 9.98. The first-order valence-electron chi connectivity index (χ1n) is 9.97. The number of Topliss-reactive ketones (excluding diaryl/α,β-unsaturated/α-hetero) is 1. The van der Waals surface area contributed by atoms with Gasteiger partial charge in [-0.15, -0.1) is 0 Å². The lowest BCUT2D eigenvalue weighted by Gasteiger charge is -2.25. The van der Waals surface area contributed by atoms with Gasteiger partial charge in [0.05, 0.1) is 11.8 Å². The largest absolute Gasteiger partial charge is 0.507 e. The smallest absolute Gasteiger partial charge is 0.300 e. The number of amides is 1. The summed E-state index contributed by atoms with van der Waals surface area (Å²) < 4.78 is 16.7. The van der Waals surface area contributed by atoms with Crippen molar-refractivity contribution in [2.24, 2.45) is 0 Å². The highest BCUT2D eigenvalue weighted by Crippen LogP contribution is 2.44. The number of hydrogen-bond acceptors (Lipinski definition) is 6. The molecule has 1 saturated heterocycles. The fourth-order valence-electron chi connectivity index (χ4n) is 4.00. The quantitative estimate of drug-likeness (QED) is 0.354. The topological polar surface area (TPSA) is 89.2 Å². The van der Waals surface area contributed by atoms with Crippen LogP contribution >= 0.6 is 11.6 Å². The van der Waals surface area contributed by atoms with Crippen molar-refractivity contribution in [3.63, 3.8) is 0 Å². The maximum Gasteiger partial charge on any atom is 0.300 e. The molecule has 1 amide bonds. The summed E-state index contributed by atoms with van der Waals surface area (Å²) in [5.74, 6) is -0.597. The van der Waals surface area contributed by atoms with E-state index in [-0.39, 0.29) is 11.3 Å². The fraction of sp³-hybridized carbons (Fsp3) is 0.167. The number of fused-ring (bicyclic) bond motifs is 1. The van der Waals surface area contributed by atoms with E-state index in [0.717, 1.165) is 0 Å². The number of furan rings is 1. The van der Waals surface area contributed by atoms with E-state index >= 15 is 0 Å². The maximum atomic E-state index is 13.2. The van der Waals surface area contributed by atoms with E-state index in [9.17, 15) is 14.7 Å². The van der Waals surface area contributed by atoms with Gasteiger partial charge in [-0.2, -0.15) is 0 Å². The van der Waals surface area contributed by atoms with Crippen LogP contribution in [-0.2, 0) is 9.59 Å². The van der Waals surface area contributed by atoms with E-state index in [0.29, 0.717) is 52.3 Å². The monoisotopic (exact) mass is 451 g/mol. The van der Waals surface area contributed by atoms with Gasteiger partial charge in [0, 0.05) is 16.3 Å². The third-order valence-corrected chi connectivity index (χ3v) is 5.98. The summed E-state index contributed by atoms with van der Waals surface area (Å²) in [5.41, 5.74) is 1.33. The highest BCUT2D eigenvalue weighted by Gasteiger charge is 2.48. The summed E-state index contributed by atoms with van der Waals surface area (Å²) in [6.45, 7) is 2.57. The minimum atomic E-state index is -0.963. The molecule has 0 bridgehead atoms. The predicted molar refractivity (Wildman–Crippen MR) is 117 cm³/mol. The van der Waals surface area contributed by atoms with Gasteiger partial charge in [0.2, 0.25) is 0 Å². The van der Waals surface area contributed by atoms with Gasteiger partial charge < -0.3 is 19.0 Å². The zero-order chi connectivity index (χ0) is 22.4. The number of benzene rings is 2. The number of nitrogens with zero attached hydrogens (tertiary/aromatic N) is 1. The molecule has 2 aliphatic heterocycles. The minimum absolute atomic E-state index is 0.0824. The van der Waals surface area contributed by atoms with Gasteiger partial charge in [0.15, 0.2) is 11.5 Å². The molecule has 7 nitrogen and oxygen atoms in total. The second-order valence-electron chi connectivity index (χ2n) is 7.43. The van der Waals surface area contributed by atoms with E-state index in [1.54, 1.807) is 55.5 Å². The van der Waals surface area contributed by atoms with E-state index < -0.39 is 17.7 Å². The molecule has 1 aromatic heterocycles. The van der Waals surface area contributed by atoms with Crippen molar-refractivity contribution in [1.82, 2.24) is 0 Å². The molecule has 5 rings (SSSR count). The molecule has 2 aliphatic rings. The number of carbonyl (C=O) groups is 2. The van der Waals surface area contributed by atoms with Crippen LogP contribution in [0.3, 0.4) is 0 Å². The Balaban J connectivity index is 1.70. The highest BCUT2D eigenvalue weighted by atomic mass is 35.5. The molecule has 0 spiro atoms. The standard InChI is InChI=1S/C24H18ClNO6/c1-13-15(25)4-2-5-16(13)26-21(18-6-3-9-30-18)20(23(28)24(26)29)22(27)14-7-8-17-19(12-14)32-11-10-31-17/h2-9,12,21,27H,10-11H2,1H3/b22-20-. The Morgan fingerprint density at radius 1 is 1.06 bits per heavy atom. The predicted octanol–water partition coefficient (Wildman–Crippen LogP) is 4.64. The SMILES string of the molecule is Cc1c(Cl)cccc1N1C(=O)C(=O)/C(=C(\O)c2ccc3c(c2)OCCO3)C1c1ccco1. The number of halogens is 1. The molecule has 0 radical (unpaired) electrons. The van der Waals surface area contributed by atoms with Crippen molar-refractivity contribution < 1.29 is 28.6 Å². The summed E-state index contributed by atoms with van der Waals surface area (Å²) in [6, 6.07) is 12.3. The number of aliphatic hydroxyl groups is 1. The summed E-state index contributed by atoms with van der Waals surface area (Å²) in [4.78, 5) is 27.6. The van der Waals surface area contributed by atoms with Gasteiger partial charge in [-0.25, -0.2) is 0 Å². The molecule has 162 valence electrons. The van der Waals surface area contributed by atoms with Gasteiger partial charge in [0.1, 0.15) is 30.8 Å². The Morgan fingerprint density at radius 3 is 2.59 bits per heavy atom. The fourth-order valence-corrected chi connectivity index (χ4v) is 4.17. The van der Waals surface area contributed by atoms with Crippen molar-refractivity contribution in [3.8, 4) is 11.5 Å². The summed E-state index contributed by atoms with van der Waals surface area (Å²) in [7, 11) is 0. The van der Waals surface area contributed by atoms with E-state index in [2.05, 4.69) is 0 Å². The van der Waals surface area contributed by atoms with Crippen LogP contribution in [0.1, 0.15) is 22.9 Å². The zero-order valence-corrected chi connectivity index (χ0v) is 17.8. The second kappa shape index (κ2) is 7.76. The van der Waals surface area contributed by atoms with Crippen LogP contribution in [0.4, 0.5) is 5.69 Å². The van der Waals surface area contributed by atoms with Crippen LogP contribution in [0.25, 0.3) is 5.76 Å². The molecule has 0 aliphatic carbocycles. The number of rotatable bonds is 3. The van der Waals surface area contributed by atoms with Gasteiger partial charge >= 0.3 is 0 Å². The van der Waals surface area contributed by atoms with Crippen LogP contribution < -0.4 is 14.4 Å². The molecule has 8 heteroatoms. The first kappa shape index (κ1) is 20.2. The second-order valence-corrected chi connectivity index (χ2v) is 7.83. The molecule has 32 heavy (non-hydrogen) atoms. The van der Waals surface area contributed by atoms with Gasteiger partial charge in [0.25, 0.3) is 11.7 Å². The molecular formula is C24H18ClNO6. The van der Waals surface area contributed by atoms with Crippen molar-refractivity contribution in [3.05, 3.63) is 82.3 Å². The Hall–Kier alpha value is -3.71. The molecule has 0 saturated carbocycles. The average molecular weight is 452 g/mol. The van der Waals surface area contributed by atoms with Crippen LogP contribution in [-0.4, -0.2) is 30.0 Å². The van der Waals surface area contributed by atoms with Crippen molar-refractivity contribution in [1.29, 1.82) is 0 Å². The van der Waals surface area contributed by atoms with Crippen LogP contribution in [0.15, 0.2) is 64.8 Å². The lowest BCUT2D eigenvalue weighted by Crippen LogP contribution is -2.30. The molecule has 3 aromatic rings. The van der Waals surface area contributed by atoms with Crippen LogP contribution in [0, 0.1) is 6.92 Å². The Morgan fingerprint density at radius 2 is 1.84 bits per heavy atom. The maximum absolute atomic E-state index is 13.2. The third kappa shape index (κ3) is 3.13. The van der Waals surface area contributed by atoms with Crippen molar-refractivity contribution in [2.75, 3.05) is 18.1 Å². The summed E-state index contributed by atoms with van der Waals surface area (Å²) in [5, 5.41) is 11.6. The average Bonchev–Trinajstić information content (AvgIpc) is 3.42. The molecule has 1 atom stereocenters. The van der Waals surface area contributed by atoms with E-state index in [4.69, 9.17) is 25.5 Å². The van der Waals surface area contributed by atoms with Crippen molar-refractivity contribution >= 4 is 34.7 Å². The first-order valence-corrected chi connectivity index (χ1v) is 10.3.